The van der Waals surface area contributed by atoms with Gasteiger partial charge in [-0.05, 0) is 26.3 Å². The summed E-state index contributed by atoms with van der Waals surface area (Å²) in [5, 5.41) is 3.23. The molecular formula is C19H28N6O2. The summed E-state index contributed by atoms with van der Waals surface area (Å²) in [6, 6.07) is 0. The molecule has 146 valence electrons. The van der Waals surface area contributed by atoms with E-state index >= 15 is 0 Å². The minimum atomic E-state index is 0.0410. The number of hydrogen-bond donors (Lipinski definition) is 1. The van der Waals surface area contributed by atoms with Crippen LogP contribution in [-0.4, -0.2) is 83.3 Å². The Kier molecular flexibility index (Phi) is 4.99. The van der Waals surface area contributed by atoms with E-state index in [0.29, 0.717) is 26.1 Å². The number of anilines is 1. The summed E-state index contributed by atoms with van der Waals surface area (Å²) in [5.74, 6) is 2.06. The van der Waals surface area contributed by atoms with Crippen LogP contribution in [0.25, 0.3) is 0 Å². The highest BCUT2D eigenvalue weighted by Gasteiger charge is 2.32. The lowest BCUT2D eigenvalue weighted by molar-refractivity contribution is -0.137. The van der Waals surface area contributed by atoms with Crippen LogP contribution in [0, 0.1) is 0 Å². The number of nitrogens with zero attached hydrogens (tertiary/aromatic N) is 5. The Morgan fingerprint density at radius 3 is 2.81 bits per heavy atom. The summed E-state index contributed by atoms with van der Waals surface area (Å²) in [7, 11) is 4.02. The van der Waals surface area contributed by atoms with E-state index in [4.69, 9.17) is 9.97 Å². The monoisotopic (exact) mass is 372 g/mol. The number of carbonyl (C=O) groups excluding carboxylic acids is 2. The van der Waals surface area contributed by atoms with Gasteiger partial charge in [0.15, 0.2) is 0 Å². The highest BCUT2D eigenvalue weighted by molar-refractivity contribution is 5.86. The SMILES string of the molecule is CNc1nc(C2CCN(C(=O)CN3CCCC3=O)C2)nc2c1CCN(C)C2. The van der Waals surface area contributed by atoms with Gasteiger partial charge in [-0.3, -0.25) is 9.59 Å². The molecule has 3 aliphatic rings. The standard InChI is InChI=1S/C19H28N6O2/c1-20-19-14-6-8-23(2)11-15(14)21-18(22-19)13-5-9-25(10-13)17(27)12-24-7-3-4-16(24)26/h13H,3-12H2,1-2H3,(H,20,21,22). The second-order valence-electron chi connectivity index (χ2n) is 7.84. The molecule has 8 nitrogen and oxygen atoms in total. The normalized spacial score (nSPS) is 23.0. The quantitative estimate of drug-likeness (QED) is 0.826. The molecule has 4 rings (SSSR count). The first-order valence-corrected chi connectivity index (χ1v) is 9.86. The number of likely N-dealkylation sites (N-methyl/N-ethyl adjacent to an activating group) is 1. The van der Waals surface area contributed by atoms with Crippen molar-refractivity contribution in [3.05, 3.63) is 17.1 Å². The maximum Gasteiger partial charge on any atom is 0.242 e. The van der Waals surface area contributed by atoms with E-state index in [-0.39, 0.29) is 24.3 Å². The molecule has 8 heteroatoms. The van der Waals surface area contributed by atoms with Crippen LogP contribution in [0.5, 0.6) is 0 Å². The summed E-state index contributed by atoms with van der Waals surface area (Å²) in [5.41, 5.74) is 2.32. The van der Waals surface area contributed by atoms with Gasteiger partial charge in [-0.25, -0.2) is 9.97 Å². The summed E-state index contributed by atoms with van der Waals surface area (Å²) >= 11 is 0. The number of rotatable bonds is 4. The van der Waals surface area contributed by atoms with Crippen LogP contribution in [0.2, 0.25) is 0 Å². The molecule has 3 aliphatic heterocycles. The number of hydrogen-bond acceptors (Lipinski definition) is 6. The van der Waals surface area contributed by atoms with Crippen molar-refractivity contribution in [3.8, 4) is 0 Å². The molecule has 1 N–H and O–H groups in total. The molecule has 1 aromatic rings. The molecule has 0 saturated carbocycles. The minimum absolute atomic E-state index is 0.0410. The van der Waals surface area contributed by atoms with E-state index < -0.39 is 0 Å². The smallest absolute Gasteiger partial charge is 0.242 e. The first kappa shape index (κ1) is 18.2. The molecule has 1 aromatic heterocycles. The van der Waals surface area contributed by atoms with Gasteiger partial charge >= 0.3 is 0 Å². The van der Waals surface area contributed by atoms with E-state index in [1.165, 1.54) is 5.56 Å². The zero-order chi connectivity index (χ0) is 19.0. The van der Waals surface area contributed by atoms with Crippen LogP contribution >= 0.6 is 0 Å². The third-order valence-electron chi connectivity index (χ3n) is 5.91. The van der Waals surface area contributed by atoms with Gasteiger partial charge in [-0.1, -0.05) is 0 Å². The topological polar surface area (TPSA) is 81.7 Å². The first-order valence-electron chi connectivity index (χ1n) is 9.86. The van der Waals surface area contributed by atoms with Crippen molar-refractivity contribution in [2.45, 2.75) is 38.1 Å². The first-order chi connectivity index (χ1) is 13.0. The number of likely N-dealkylation sites (tertiary alicyclic amines) is 2. The Morgan fingerprint density at radius 1 is 1.22 bits per heavy atom. The largest absolute Gasteiger partial charge is 0.373 e. The molecule has 2 saturated heterocycles. The molecule has 1 atom stereocenters. The molecular weight excluding hydrogens is 344 g/mol. The third-order valence-corrected chi connectivity index (χ3v) is 5.91. The highest BCUT2D eigenvalue weighted by Crippen LogP contribution is 2.29. The molecule has 0 radical (unpaired) electrons. The minimum Gasteiger partial charge on any atom is -0.373 e. The van der Waals surface area contributed by atoms with Crippen LogP contribution in [0.1, 0.15) is 42.3 Å². The van der Waals surface area contributed by atoms with Crippen LogP contribution in [0.3, 0.4) is 0 Å². The Bertz CT molecular complexity index is 752. The number of aromatic nitrogens is 2. The number of fused-ring (bicyclic) bond motifs is 1. The molecule has 1 unspecified atom stereocenters. The van der Waals surface area contributed by atoms with Gasteiger partial charge in [0.05, 0.1) is 12.2 Å². The van der Waals surface area contributed by atoms with Gasteiger partial charge in [0.25, 0.3) is 0 Å². The molecule has 4 heterocycles. The molecule has 0 aliphatic carbocycles. The molecule has 0 aromatic carbocycles. The third kappa shape index (κ3) is 3.63. The number of nitrogens with one attached hydrogen (secondary N) is 1. The van der Waals surface area contributed by atoms with Gasteiger partial charge in [0.1, 0.15) is 11.6 Å². The number of carbonyl (C=O) groups is 2. The lowest BCUT2D eigenvalue weighted by Crippen LogP contribution is -2.39. The fraction of sp³-hybridized carbons (Fsp3) is 0.684. The van der Waals surface area contributed by atoms with Crippen molar-refractivity contribution in [1.29, 1.82) is 0 Å². The van der Waals surface area contributed by atoms with Gasteiger partial charge < -0.3 is 20.0 Å². The van der Waals surface area contributed by atoms with Crippen molar-refractivity contribution in [2.75, 3.05) is 52.1 Å². The summed E-state index contributed by atoms with van der Waals surface area (Å²) in [4.78, 5) is 39.8. The van der Waals surface area contributed by atoms with Crippen molar-refractivity contribution in [3.63, 3.8) is 0 Å². The van der Waals surface area contributed by atoms with Gasteiger partial charge in [-0.2, -0.15) is 0 Å². The van der Waals surface area contributed by atoms with Crippen molar-refractivity contribution >= 4 is 17.6 Å². The average Bonchev–Trinajstić information content (AvgIpc) is 3.30. The van der Waals surface area contributed by atoms with E-state index in [2.05, 4.69) is 17.3 Å². The van der Waals surface area contributed by atoms with Crippen LogP contribution in [-0.2, 0) is 22.6 Å². The Morgan fingerprint density at radius 2 is 2.07 bits per heavy atom. The Balaban J connectivity index is 1.46. The van der Waals surface area contributed by atoms with E-state index in [0.717, 1.165) is 49.7 Å². The van der Waals surface area contributed by atoms with Gasteiger partial charge in [0, 0.05) is 57.7 Å². The maximum absolute atomic E-state index is 12.6. The molecule has 27 heavy (non-hydrogen) atoms. The fourth-order valence-corrected chi connectivity index (χ4v) is 4.30. The Hall–Kier alpha value is -2.22. The lowest BCUT2D eigenvalue weighted by atomic mass is 10.0. The fourth-order valence-electron chi connectivity index (χ4n) is 4.30. The second kappa shape index (κ2) is 7.42. The van der Waals surface area contributed by atoms with Crippen LogP contribution in [0.4, 0.5) is 5.82 Å². The van der Waals surface area contributed by atoms with Crippen molar-refractivity contribution < 1.29 is 9.59 Å². The lowest BCUT2D eigenvalue weighted by Gasteiger charge is -2.26. The van der Waals surface area contributed by atoms with Crippen LogP contribution < -0.4 is 5.32 Å². The van der Waals surface area contributed by atoms with E-state index in [1.54, 1.807) is 4.90 Å². The summed E-state index contributed by atoms with van der Waals surface area (Å²) in [6.45, 7) is 4.12. The van der Waals surface area contributed by atoms with Crippen molar-refractivity contribution in [1.82, 2.24) is 24.7 Å². The zero-order valence-electron chi connectivity index (χ0n) is 16.2. The molecule has 0 spiro atoms. The summed E-state index contributed by atoms with van der Waals surface area (Å²) < 4.78 is 0. The molecule has 2 amide bonds. The van der Waals surface area contributed by atoms with E-state index in [1.807, 2.05) is 11.9 Å². The Labute approximate surface area is 159 Å². The predicted molar refractivity (Wildman–Crippen MR) is 101 cm³/mol. The van der Waals surface area contributed by atoms with Gasteiger partial charge in [-0.15, -0.1) is 0 Å². The maximum atomic E-state index is 12.6. The van der Waals surface area contributed by atoms with E-state index in [9.17, 15) is 9.59 Å². The van der Waals surface area contributed by atoms with Gasteiger partial charge in [0.2, 0.25) is 11.8 Å². The number of amides is 2. The molecule has 0 bridgehead atoms. The summed E-state index contributed by atoms with van der Waals surface area (Å²) in [6.07, 6.45) is 3.26. The van der Waals surface area contributed by atoms with Crippen molar-refractivity contribution in [2.24, 2.45) is 0 Å². The average molecular weight is 372 g/mol. The molecule has 2 fully saturated rings. The zero-order valence-corrected chi connectivity index (χ0v) is 16.2. The highest BCUT2D eigenvalue weighted by atomic mass is 16.2. The van der Waals surface area contributed by atoms with Crippen LogP contribution in [0.15, 0.2) is 0 Å². The second-order valence-corrected chi connectivity index (χ2v) is 7.84. The predicted octanol–water partition coefficient (Wildman–Crippen LogP) is 0.445.